The van der Waals surface area contributed by atoms with Gasteiger partial charge in [-0.3, -0.25) is 0 Å². The Morgan fingerprint density at radius 1 is 1.32 bits per heavy atom. The number of aryl methyl sites for hydroxylation is 1. The minimum Gasteiger partial charge on any atom is -0.383 e. The van der Waals surface area contributed by atoms with Crippen LogP contribution in [0.15, 0.2) is 35.5 Å². The first-order valence-corrected chi connectivity index (χ1v) is 11.0. The molecule has 2 aromatic rings. The topological polar surface area (TPSA) is 98.0 Å². The molecule has 3 N–H and O–H groups in total. The van der Waals surface area contributed by atoms with Gasteiger partial charge in [0.15, 0.2) is 15.0 Å². The summed E-state index contributed by atoms with van der Waals surface area (Å²) >= 11 is 1.54. The van der Waals surface area contributed by atoms with E-state index in [9.17, 15) is 8.42 Å². The van der Waals surface area contributed by atoms with Gasteiger partial charge in [-0.15, -0.1) is 0 Å². The van der Waals surface area contributed by atoms with Gasteiger partial charge in [-0.2, -0.15) is 0 Å². The van der Waals surface area contributed by atoms with Gasteiger partial charge < -0.3 is 11.1 Å². The van der Waals surface area contributed by atoms with Crippen LogP contribution < -0.4 is 11.1 Å². The van der Waals surface area contributed by atoms with E-state index in [1.165, 1.54) is 22.9 Å². The number of hydrogen-bond donors (Lipinski definition) is 2. The highest BCUT2D eigenvalue weighted by Gasteiger charge is 2.27. The molecule has 0 bridgehead atoms. The maximum Gasteiger partial charge on any atom is 0.191 e. The molecular weight excluding hydrogens is 356 g/mol. The lowest BCUT2D eigenvalue weighted by molar-refractivity contribution is 0.595. The highest BCUT2D eigenvalue weighted by Crippen LogP contribution is 2.24. The second-order valence-electron chi connectivity index (χ2n) is 6.33. The quantitative estimate of drug-likeness (QED) is 0.589. The average Bonchev–Trinajstić information content (AvgIpc) is 2.91. The number of sulfone groups is 1. The van der Waals surface area contributed by atoms with E-state index in [-0.39, 0.29) is 17.4 Å². The first-order valence-electron chi connectivity index (χ1n) is 8.17. The number of rotatable bonds is 6. The van der Waals surface area contributed by atoms with Gasteiger partial charge in [0.05, 0.1) is 11.5 Å². The largest absolute Gasteiger partial charge is 0.383 e. The molecule has 0 spiro atoms. The number of aromatic nitrogens is 2. The van der Waals surface area contributed by atoms with Crippen molar-refractivity contribution >= 4 is 33.2 Å². The zero-order valence-corrected chi connectivity index (χ0v) is 15.7. The molecular formula is C17H22N4O2S2. The van der Waals surface area contributed by atoms with Crippen molar-refractivity contribution < 1.29 is 8.42 Å². The predicted octanol–water partition coefficient (Wildman–Crippen LogP) is 2.51. The summed E-state index contributed by atoms with van der Waals surface area (Å²) in [5.74, 6) is 2.48. The zero-order valence-electron chi connectivity index (χ0n) is 14.1. The lowest BCUT2D eigenvalue weighted by Gasteiger charge is -2.11. The zero-order chi connectivity index (χ0) is 17.9. The van der Waals surface area contributed by atoms with Gasteiger partial charge in [0.2, 0.25) is 0 Å². The molecule has 1 saturated heterocycles. The maximum absolute atomic E-state index is 11.5. The molecule has 2 heterocycles. The normalized spacial score (nSPS) is 19.0. The van der Waals surface area contributed by atoms with Gasteiger partial charge in [-0.25, -0.2) is 18.4 Å². The van der Waals surface area contributed by atoms with Crippen LogP contribution in [0.25, 0.3) is 0 Å². The second kappa shape index (κ2) is 7.61. The third-order valence-electron chi connectivity index (χ3n) is 4.24. The van der Waals surface area contributed by atoms with E-state index >= 15 is 0 Å². The van der Waals surface area contributed by atoms with E-state index in [2.05, 4.69) is 34.3 Å². The number of hydrogen-bond acceptors (Lipinski definition) is 7. The van der Waals surface area contributed by atoms with Crippen molar-refractivity contribution in [3.05, 3.63) is 41.5 Å². The number of nitrogens with zero attached hydrogens (tertiary/aromatic N) is 2. The van der Waals surface area contributed by atoms with Crippen LogP contribution in [0, 0.1) is 12.8 Å². The summed E-state index contributed by atoms with van der Waals surface area (Å²) < 4.78 is 23.1. The van der Waals surface area contributed by atoms with Crippen LogP contribution >= 0.6 is 11.8 Å². The maximum atomic E-state index is 11.5. The van der Waals surface area contributed by atoms with E-state index < -0.39 is 9.84 Å². The molecule has 25 heavy (non-hydrogen) atoms. The molecule has 6 nitrogen and oxygen atoms in total. The lowest BCUT2D eigenvalue weighted by Crippen LogP contribution is -2.16. The molecule has 1 fully saturated rings. The van der Waals surface area contributed by atoms with E-state index in [4.69, 9.17) is 5.73 Å². The van der Waals surface area contributed by atoms with Gasteiger partial charge in [0.25, 0.3) is 0 Å². The molecule has 0 saturated carbocycles. The Morgan fingerprint density at radius 3 is 2.84 bits per heavy atom. The van der Waals surface area contributed by atoms with Crippen LogP contribution in [0.1, 0.15) is 17.5 Å². The SMILES string of the molecule is Cc1ccccc1CSc1nc(N)cc(NCC2CCS(=O)(=O)C2)n1. The second-order valence-corrected chi connectivity index (χ2v) is 9.50. The summed E-state index contributed by atoms with van der Waals surface area (Å²) in [4.78, 5) is 8.76. The molecule has 1 aliphatic rings. The summed E-state index contributed by atoms with van der Waals surface area (Å²) in [7, 11) is -2.86. The highest BCUT2D eigenvalue weighted by atomic mass is 32.2. The number of benzene rings is 1. The first kappa shape index (κ1) is 18.0. The van der Waals surface area contributed by atoms with Crippen molar-refractivity contribution in [2.75, 3.05) is 29.1 Å². The van der Waals surface area contributed by atoms with E-state index in [0.29, 0.717) is 29.8 Å². The smallest absolute Gasteiger partial charge is 0.191 e. The summed E-state index contributed by atoms with van der Waals surface area (Å²) in [5.41, 5.74) is 8.36. The fourth-order valence-corrected chi connectivity index (χ4v) is 5.60. The molecule has 134 valence electrons. The van der Waals surface area contributed by atoms with Gasteiger partial charge in [0, 0.05) is 18.4 Å². The molecule has 0 aliphatic carbocycles. The van der Waals surface area contributed by atoms with Crippen LogP contribution in [0.5, 0.6) is 0 Å². The molecule has 0 radical (unpaired) electrons. The molecule has 0 amide bonds. The Hall–Kier alpha value is -1.80. The van der Waals surface area contributed by atoms with Crippen LogP contribution in [-0.2, 0) is 15.6 Å². The van der Waals surface area contributed by atoms with Crippen molar-refractivity contribution in [3.63, 3.8) is 0 Å². The van der Waals surface area contributed by atoms with E-state index in [1.807, 2.05) is 12.1 Å². The predicted molar refractivity (Wildman–Crippen MR) is 102 cm³/mol. The molecule has 1 atom stereocenters. The van der Waals surface area contributed by atoms with Gasteiger partial charge in [0.1, 0.15) is 11.6 Å². The fraction of sp³-hybridized carbons (Fsp3) is 0.412. The Kier molecular flexibility index (Phi) is 5.48. The van der Waals surface area contributed by atoms with Gasteiger partial charge >= 0.3 is 0 Å². The molecule has 3 rings (SSSR count). The van der Waals surface area contributed by atoms with Crippen molar-refractivity contribution in [2.45, 2.75) is 24.3 Å². The van der Waals surface area contributed by atoms with Crippen molar-refractivity contribution in [3.8, 4) is 0 Å². The van der Waals surface area contributed by atoms with Crippen LogP contribution in [0.2, 0.25) is 0 Å². The fourth-order valence-electron chi connectivity index (χ4n) is 2.79. The van der Waals surface area contributed by atoms with Crippen molar-refractivity contribution in [1.82, 2.24) is 9.97 Å². The number of nitrogens with two attached hydrogens (primary N) is 1. The molecule has 1 aromatic carbocycles. The summed E-state index contributed by atoms with van der Waals surface area (Å²) in [6, 6.07) is 9.89. The third kappa shape index (κ3) is 5.09. The Bertz CT molecular complexity index is 855. The average molecular weight is 379 g/mol. The van der Waals surface area contributed by atoms with Gasteiger partial charge in [-0.05, 0) is 30.4 Å². The monoisotopic (exact) mass is 378 g/mol. The minimum absolute atomic E-state index is 0.129. The van der Waals surface area contributed by atoms with E-state index in [1.54, 1.807) is 6.07 Å². The minimum atomic E-state index is -2.86. The van der Waals surface area contributed by atoms with Gasteiger partial charge in [-0.1, -0.05) is 36.0 Å². The lowest BCUT2D eigenvalue weighted by atomic mass is 10.1. The third-order valence-corrected chi connectivity index (χ3v) is 6.98. The number of thioether (sulfide) groups is 1. The Labute approximate surface area is 152 Å². The Morgan fingerprint density at radius 2 is 2.12 bits per heavy atom. The van der Waals surface area contributed by atoms with Crippen LogP contribution in [-0.4, -0.2) is 36.4 Å². The Balaban J connectivity index is 1.61. The summed E-state index contributed by atoms with van der Waals surface area (Å²) in [6.07, 6.45) is 0.699. The van der Waals surface area contributed by atoms with Crippen molar-refractivity contribution in [1.29, 1.82) is 0 Å². The van der Waals surface area contributed by atoms with Crippen LogP contribution in [0.4, 0.5) is 11.6 Å². The number of nitrogens with one attached hydrogen (secondary N) is 1. The molecule has 1 unspecified atom stereocenters. The highest BCUT2D eigenvalue weighted by molar-refractivity contribution is 7.98. The van der Waals surface area contributed by atoms with E-state index in [0.717, 1.165) is 5.75 Å². The number of anilines is 2. The molecule has 1 aliphatic heterocycles. The number of nitrogen functional groups attached to an aromatic ring is 1. The molecule has 8 heteroatoms. The van der Waals surface area contributed by atoms with Crippen LogP contribution in [0.3, 0.4) is 0 Å². The summed E-state index contributed by atoms with van der Waals surface area (Å²) in [5, 5.41) is 3.82. The summed E-state index contributed by atoms with van der Waals surface area (Å²) in [6.45, 7) is 2.66. The molecule has 1 aromatic heterocycles. The standard InChI is InChI=1S/C17H22N4O2S2/c1-12-4-2-3-5-14(12)10-24-17-20-15(18)8-16(21-17)19-9-13-6-7-25(22,23)11-13/h2-5,8,13H,6-7,9-11H2,1H3,(H3,18,19,20,21). The first-order chi connectivity index (χ1) is 11.9. The van der Waals surface area contributed by atoms with Crippen molar-refractivity contribution in [2.24, 2.45) is 5.92 Å².